The van der Waals surface area contributed by atoms with Gasteiger partial charge in [0, 0.05) is 51.0 Å². The Balaban J connectivity index is 1.44. The third-order valence-corrected chi connectivity index (χ3v) is 6.48. The molecule has 0 radical (unpaired) electrons. The van der Waals surface area contributed by atoms with Crippen LogP contribution in [0.3, 0.4) is 0 Å². The molecule has 0 atom stereocenters. The van der Waals surface area contributed by atoms with E-state index in [4.69, 9.17) is 16.3 Å². The van der Waals surface area contributed by atoms with Crippen molar-refractivity contribution in [3.63, 3.8) is 0 Å². The van der Waals surface area contributed by atoms with Crippen molar-refractivity contribution in [3.05, 3.63) is 28.8 Å². The Morgan fingerprint density at radius 1 is 1.16 bits per heavy atom. The zero-order valence-electron chi connectivity index (χ0n) is 20.0. The zero-order valence-corrected chi connectivity index (χ0v) is 20.7. The highest BCUT2D eigenvalue weighted by molar-refractivity contribution is 6.34. The van der Waals surface area contributed by atoms with Gasteiger partial charge in [0.2, 0.25) is 0 Å². The van der Waals surface area contributed by atoms with Crippen molar-refractivity contribution in [3.8, 4) is 0 Å². The van der Waals surface area contributed by atoms with Gasteiger partial charge < -0.3 is 19.9 Å². The van der Waals surface area contributed by atoms with Gasteiger partial charge in [-0.15, -0.1) is 0 Å². The number of likely N-dealkylation sites (tertiary alicyclic amines) is 2. The number of carbonyl (C=O) groups excluding carboxylic acids is 2. The summed E-state index contributed by atoms with van der Waals surface area (Å²) in [5.41, 5.74) is 1.03. The maximum Gasteiger partial charge on any atom is 0.410 e. The Kier molecular flexibility index (Phi) is 7.93. The van der Waals surface area contributed by atoms with E-state index in [9.17, 15) is 9.59 Å². The molecule has 0 bridgehead atoms. The average molecular weight is 465 g/mol. The van der Waals surface area contributed by atoms with Crippen molar-refractivity contribution in [2.24, 2.45) is 0 Å². The van der Waals surface area contributed by atoms with Crippen molar-refractivity contribution in [1.29, 1.82) is 0 Å². The van der Waals surface area contributed by atoms with Crippen LogP contribution in [-0.4, -0.2) is 83.7 Å². The molecule has 0 spiro atoms. The molecule has 0 unspecified atom stereocenters. The van der Waals surface area contributed by atoms with E-state index in [2.05, 4.69) is 10.2 Å². The first kappa shape index (κ1) is 24.6. The lowest BCUT2D eigenvalue weighted by molar-refractivity contribution is 0.00749. The van der Waals surface area contributed by atoms with Crippen molar-refractivity contribution in [2.45, 2.75) is 65.1 Å². The van der Waals surface area contributed by atoms with Gasteiger partial charge in [-0.1, -0.05) is 11.6 Å². The number of ether oxygens (including phenoxy) is 1. The van der Waals surface area contributed by atoms with Gasteiger partial charge in [0.05, 0.1) is 16.6 Å². The summed E-state index contributed by atoms with van der Waals surface area (Å²) in [6.45, 7) is 14.4. The number of anilines is 1. The number of carbonyl (C=O) groups is 2. The largest absolute Gasteiger partial charge is 0.444 e. The van der Waals surface area contributed by atoms with Crippen molar-refractivity contribution < 1.29 is 14.3 Å². The van der Waals surface area contributed by atoms with E-state index in [1.54, 1.807) is 4.90 Å². The van der Waals surface area contributed by atoms with Crippen molar-refractivity contribution >= 4 is 29.3 Å². The summed E-state index contributed by atoms with van der Waals surface area (Å²) in [6, 6.07) is 6.46. The molecule has 7 nitrogen and oxygen atoms in total. The highest BCUT2D eigenvalue weighted by atomic mass is 35.5. The van der Waals surface area contributed by atoms with Gasteiger partial charge in [-0.25, -0.2) is 4.79 Å². The van der Waals surface area contributed by atoms with Crippen molar-refractivity contribution in [1.82, 2.24) is 14.7 Å². The fourth-order valence-corrected chi connectivity index (χ4v) is 4.60. The Morgan fingerprint density at radius 2 is 1.78 bits per heavy atom. The SMILES string of the molecule is CCN(CC)C(=O)c1ccc(NC2CN(C3CCN(C(=O)OC(C)(C)C)CC3)C2)cc1Cl. The van der Waals surface area contributed by atoms with Gasteiger partial charge in [0.1, 0.15) is 5.60 Å². The molecule has 8 heteroatoms. The van der Waals surface area contributed by atoms with Gasteiger partial charge >= 0.3 is 6.09 Å². The molecule has 2 aliphatic heterocycles. The first-order chi connectivity index (χ1) is 15.1. The van der Waals surface area contributed by atoms with E-state index < -0.39 is 5.60 Å². The minimum atomic E-state index is -0.454. The van der Waals surface area contributed by atoms with Crippen LogP contribution >= 0.6 is 11.6 Å². The van der Waals surface area contributed by atoms with Gasteiger partial charge in [-0.2, -0.15) is 0 Å². The standard InChI is InChI=1S/C24H37ClN4O3/c1-6-27(7-2)22(30)20-9-8-17(14-21(20)25)26-18-15-29(16-18)19-10-12-28(13-11-19)23(31)32-24(3,4)5/h8-9,14,18-19,26H,6-7,10-13,15-16H2,1-5H3. The van der Waals surface area contributed by atoms with E-state index in [0.29, 0.717) is 35.8 Å². The molecule has 3 rings (SSSR count). The summed E-state index contributed by atoms with van der Waals surface area (Å²) in [4.78, 5) is 30.9. The summed E-state index contributed by atoms with van der Waals surface area (Å²) in [7, 11) is 0. The lowest BCUT2D eigenvalue weighted by Crippen LogP contribution is -2.60. The molecule has 2 amide bonds. The van der Waals surface area contributed by atoms with Crippen LogP contribution < -0.4 is 5.32 Å². The summed E-state index contributed by atoms with van der Waals surface area (Å²) in [6.07, 6.45) is 1.74. The van der Waals surface area contributed by atoms with Gasteiger partial charge in [-0.05, 0) is 65.7 Å². The van der Waals surface area contributed by atoms with E-state index in [0.717, 1.165) is 44.7 Å². The molecule has 178 valence electrons. The number of rotatable bonds is 6. The summed E-state index contributed by atoms with van der Waals surface area (Å²) in [5, 5.41) is 4.01. The molecule has 1 aromatic rings. The predicted octanol–water partition coefficient (Wildman–Crippen LogP) is 4.32. The molecule has 0 aromatic heterocycles. The maximum atomic E-state index is 12.6. The molecule has 2 heterocycles. The lowest BCUT2D eigenvalue weighted by Gasteiger charge is -2.47. The van der Waals surface area contributed by atoms with Crippen LogP contribution in [0.5, 0.6) is 0 Å². The quantitative estimate of drug-likeness (QED) is 0.679. The van der Waals surface area contributed by atoms with Gasteiger partial charge in [0.15, 0.2) is 0 Å². The fraction of sp³-hybridized carbons (Fsp3) is 0.667. The first-order valence-corrected chi connectivity index (χ1v) is 12.1. The minimum Gasteiger partial charge on any atom is -0.444 e. The molecule has 0 aliphatic carbocycles. The van der Waals surface area contributed by atoms with Gasteiger partial charge in [-0.3, -0.25) is 9.69 Å². The van der Waals surface area contributed by atoms with E-state index >= 15 is 0 Å². The molecule has 0 saturated carbocycles. The topological polar surface area (TPSA) is 65.1 Å². The molecular weight excluding hydrogens is 428 g/mol. The Bertz CT molecular complexity index is 808. The fourth-order valence-electron chi connectivity index (χ4n) is 4.34. The van der Waals surface area contributed by atoms with Crippen LogP contribution in [0.15, 0.2) is 18.2 Å². The Morgan fingerprint density at radius 3 is 2.31 bits per heavy atom. The Hall–Kier alpha value is -1.99. The smallest absolute Gasteiger partial charge is 0.410 e. The number of benzene rings is 1. The predicted molar refractivity (Wildman–Crippen MR) is 129 cm³/mol. The number of nitrogens with zero attached hydrogens (tertiary/aromatic N) is 3. The average Bonchev–Trinajstić information content (AvgIpc) is 2.70. The van der Waals surface area contributed by atoms with Gasteiger partial charge in [0.25, 0.3) is 5.91 Å². The molecule has 1 aromatic carbocycles. The maximum absolute atomic E-state index is 12.6. The van der Waals surface area contributed by atoms with E-state index in [-0.39, 0.29) is 12.0 Å². The number of piperidine rings is 1. The van der Waals surface area contributed by atoms with Crippen LogP contribution in [-0.2, 0) is 4.74 Å². The van der Waals surface area contributed by atoms with E-state index in [1.165, 1.54) is 0 Å². The molecular formula is C24H37ClN4O3. The zero-order chi connectivity index (χ0) is 23.5. The monoisotopic (exact) mass is 464 g/mol. The van der Waals surface area contributed by atoms with Crippen LogP contribution in [0.25, 0.3) is 0 Å². The summed E-state index contributed by atoms with van der Waals surface area (Å²) < 4.78 is 5.48. The highest BCUT2D eigenvalue weighted by Gasteiger charge is 2.35. The molecule has 32 heavy (non-hydrogen) atoms. The second-order valence-corrected chi connectivity index (χ2v) is 10.1. The number of hydrogen-bond donors (Lipinski definition) is 1. The third kappa shape index (κ3) is 6.07. The second kappa shape index (κ2) is 10.3. The number of halogens is 1. The number of hydrogen-bond acceptors (Lipinski definition) is 5. The third-order valence-electron chi connectivity index (χ3n) is 6.16. The number of nitrogens with one attached hydrogen (secondary N) is 1. The lowest BCUT2D eigenvalue weighted by atomic mass is 9.97. The Labute approximate surface area is 197 Å². The first-order valence-electron chi connectivity index (χ1n) is 11.7. The normalized spacial score (nSPS) is 18.2. The molecule has 1 N–H and O–H groups in total. The van der Waals surface area contributed by atoms with Crippen LogP contribution in [0.2, 0.25) is 5.02 Å². The van der Waals surface area contributed by atoms with E-state index in [1.807, 2.05) is 57.7 Å². The van der Waals surface area contributed by atoms with Crippen LogP contribution in [0.4, 0.5) is 10.5 Å². The van der Waals surface area contributed by atoms with Crippen molar-refractivity contribution in [2.75, 3.05) is 44.6 Å². The van der Waals surface area contributed by atoms with Crippen LogP contribution in [0, 0.1) is 0 Å². The van der Waals surface area contributed by atoms with Crippen LogP contribution in [0.1, 0.15) is 57.8 Å². The summed E-state index contributed by atoms with van der Waals surface area (Å²) >= 11 is 6.42. The highest BCUT2D eigenvalue weighted by Crippen LogP contribution is 2.27. The number of amides is 2. The molecule has 2 saturated heterocycles. The molecule has 2 fully saturated rings. The minimum absolute atomic E-state index is 0.0286. The molecule has 2 aliphatic rings. The second-order valence-electron chi connectivity index (χ2n) is 9.67. The summed E-state index contributed by atoms with van der Waals surface area (Å²) in [5.74, 6) is -0.0286.